The predicted octanol–water partition coefficient (Wildman–Crippen LogP) is 4.10. The van der Waals surface area contributed by atoms with Crippen molar-refractivity contribution in [3.05, 3.63) is 90.2 Å². The third-order valence-electron chi connectivity index (χ3n) is 4.90. The fraction of sp³-hybridized carbons (Fsp3) is 0.200. The second-order valence-electron chi connectivity index (χ2n) is 6.91. The number of H-pyrrole nitrogens is 1. The summed E-state index contributed by atoms with van der Waals surface area (Å²) in [5.41, 5.74) is 3.15. The standard InChI is InChI=1S/C25H26N2O4/c1-3-4-5-10-25(29)31-17-24(28)27-15-21(18-11-13-19(30-2)14-12-18)22-16-26-23-9-7-6-8-20(22)23/h3-14,16,21,26H,15,17H2,1-2H3,(H,27,28)/b4-3+,10-5+/t21-/m0/s1. The van der Waals surface area contributed by atoms with E-state index in [0.717, 1.165) is 27.8 Å². The van der Waals surface area contributed by atoms with Crippen molar-refractivity contribution in [2.24, 2.45) is 0 Å². The van der Waals surface area contributed by atoms with E-state index in [1.165, 1.54) is 6.08 Å². The van der Waals surface area contributed by atoms with Crippen LogP contribution in [0.4, 0.5) is 0 Å². The zero-order chi connectivity index (χ0) is 22.1. The van der Waals surface area contributed by atoms with Crippen LogP contribution in [-0.4, -0.2) is 37.1 Å². The number of carbonyl (C=O) groups is 2. The molecule has 160 valence electrons. The lowest BCUT2D eigenvalue weighted by Crippen LogP contribution is -2.32. The number of carbonyl (C=O) groups excluding carboxylic acids is 2. The van der Waals surface area contributed by atoms with Gasteiger partial charge in [-0.15, -0.1) is 0 Å². The summed E-state index contributed by atoms with van der Waals surface area (Å²) in [6, 6.07) is 15.8. The number of para-hydroxylation sites is 1. The molecule has 0 bridgehead atoms. The van der Waals surface area contributed by atoms with Crippen molar-refractivity contribution < 1.29 is 19.1 Å². The van der Waals surface area contributed by atoms with Crippen molar-refractivity contribution in [1.82, 2.24) is 10.3 Å². The number of rotatable bonds is 9. The van der Waals surface area contributed by atoms with Crippen LogP contribution in [-0.2, 0) is 14.3 Å². The van der Waals surface area contributed by atoms with Crippen molar-refractivity contribution in [2.75, 3.05) is 20.3 Å². The number of methoxy groups -OCH3 is 1. The number of amides is 1. The van der Waals surface area contributed by atoms with E-state index in [1.54, 1.807) is 25.3 Å². The number of fused-ring (bicyclic) bond motifs is 1. The van der Waals surface area contributed by atoms with Crippen LogP contribution in [0.2, 0.25) is 0 Å². The maximum absolute atomic E-state index is 12.3. The molecular formula is C25H26N2O4. The summed E-state index contributed by atoms with van der Waals surface area (Å²) in [5, 5.41) is 3.98. The van der Waals surface area contributed by atoms with Gasteiger partial charge in [0, 0.05) is 35.6 Å². The Hall–Kier alpha value is -3.80. The van der Waals surface area contributed by atoms with Gasteiger partial charge in [0.1, 0.15) is 5.75 Å². The van der Waals surface area contributed by atoms with Crippen LogP contribution in [0.3, 0.4) is 0 Å². The fourth-order valence-electron chi connectivity index (χ4n) is 3.32. The van der Waals surface area contributed by atoms with Gasteiger partial charge in [-0.3, -0.25) is 4.79 Å². The molecule has 0 radical (unpaired) electrons. The number of aromatic nitrogens is 1. The quantitative estimate of drug-likeness (QED) is 0.311. The first-order valence-corrected chi connectivity index (χ1v) is 10.0. The average Bonchev–Trinajstić information content (AvgIpc) is 3.22. The second-order valence-corrected chi connectivity index (χ2v) is 6.91. The zero-order valence-electron chi connectivity index (χ0n) is 17.6. The zero-order valence-corrected chi connectivity index (χ0v) is 17.6. The van der Waals surface area contributed by atoms with E-state index in [-0.39, 0.29) is 18.4 Å². The molecule has 1 amide bonds. The highest BCUT2D eigenvalue weighted by molar-refractivity contribution is 5.86. The Morgan fingerprint density at radius 1 is 1.10 bits per heavy atom. The number of allylic oxidation sites excluding steroid dienone is 3. The number of nitrogens with one attached hydrogen (secondary N) is 2. The summed E-state index contributed by atoms with van der Waals surface area (Å²) in [7, 11) is 1.63. The van der Waals surface area contributed by atoms with E-state index in [1.807, 2.05) is 55.6 Å². The van der Waals surface area contributed by atoms with E-state index in [0.29, 0.717) is 6.54 Å². The highest BCUT2D eigenvalue weighted by Gasteiger charge is 2.19. The van der Waals surface area contributed by atoms with Crippen LogP contribution < -0.4 is 10.1 Å². The number of hydrogen-bond acceptors (Lipinski definition) is 4. The highest BCUT2D eigenvalue weighted by atomic mass is 16.5. The third-order valence-corrected chi connectivity index (χ3v) is 4.90. The smallest absolute Gasteiger partial charge is 0.331 e. The molecule has 3 aromatic rings. The Bertz CT molecular complexity index is 1080. The molecule has 3 rings (SSSR count). The number of ether oxygens (including phenoxy) is 2. The van der Waals surface area contributed by atoms with Gasteiger partial charge in [0.05, 0.1) is 7.11 Å². The summed E-state index contributed by atoms with van der Waals surface area (Å²) in [6.45, 7) is 1.87. The van der Waals surface area contributed by atoms with Crippen LogP contribution in [0, 0.1) is 0 Å². The molecule has 0 saturated carbocycles. The van der Waals surface area contributed by atoms with Gasteiger partial charge in [0.25, 0.3) is 5.91 Å². The van der Waals surface area contributed by atoms with Crippen LogP contribution in [0.1, 0.15) is 24.0 Å². The van der Waals surface area contributed by atoms with Gasteiger partial charge in [0.2, 0.25) is 0 Å². The summed E-state index contributed by atoms with van der Waals surface area (Å²) >= 11 is 0. The largest absolute Gasteiger partial charge is 0.497 e. The predicted molar refractivity (Wildman–Crippen MR) is 121 cm³/mol. The number of hydrogen-bond donors (Lipinski definition) is 2. The Morgan fingerprint density at radius 3 is 2.61 bits per heavy atom. The lowest BCUT2D eigenvalue weighted by Gasteiger charge is -2.18. The number of esters is 1. The van der Waals surface area contributed by atoms with Crippen molar-refractivity contribution in [3.8, 4) is 5.75 Å². The van der Waals surface area contributed by atoms with Gasteiger partial charge < -0.3 is 19.8 Å². The molecule has 2 N–H and O–H groups in total. The lowest BCUT2D eigenvalue weighted by atomic mass is 9.91. The van der Waals surface area contributed by atoms with Gasteiger partial charge in [-0.05, 0) is 36.2 Å². The third kappa shape index (κ3) is 5.85. The molecule has 6 heteroatoms. The molecule has 1 aromatic heterocycles. The van der Waals surface area contributed by atoms with E-state index in [4.69, 9.17) is 9.47 Å². The molecule has 0 fully saturated rings. The van der Waals surface area contributed by atoms with E-state index < -0.39 is 5.97 Å². The summed E-state index contributed by atoms with van der Waals surface area (Å²) in [6.07, 6.45) is 8.32. The first kappa shape index (κ1) is 21.9. The van der Waals surface area contributed by atoms with E-state index in [2.05, 4.69) is 16.4 Å². The van der Waals surface area contributed by atoms with Gasteiger partial charge >= 0.3 is 5.97 Å². The summed E-state index contributed by atoms with van der Waals surface area (Å²) in [4.78, 5) is 27.2. The molecule has 0 spiro atoms. The molecule has 0 saturated heterocycles. The molecule has 1 heterocycles. The number of aromatic amines is 1. The van der Waals surface area contributed by atoms with Gasteiger partial charge in [-0.2, -0.15) is 0 Å². The van der Waals surface area contributed by atoms with Gasteiger partial charge in [-0.1, -0.05) is 48.6 Å². The maximum Gasteiger partial charge on any atom is 0.331 e. The van der Waals surface area contributed by atoms with Crippen LogP contribution in [0.5, 0.6) is 5.75 Å². The number of benzene rings is 2. The van der Waals surface area contributed by atoms with Crippen LogP contribution >= 0.6 is 0 Å². The lowest BCUT2D eigenvalue weighted by molar-refractivity contribution is -0.143. The molecule has 0 aliphatic carbocycles. The molecule has 0 unspecified atom stereocenters. The first-order chi connectivity index (χ1) is 15.1. The minimum Gasteiger partial charge on any atom is -0.497 e. The molecule has 31 heavy (non-hydrogen) atoms. The van der Waals surface area contributed by atoms with Crippen molar-refractivity contribution in [2.45, 2.75) is 12.8 Å². The van der Waals surface area contributed by atoms with Crippen molar-refractivity contribution >= 4 is 22.8 Å². The summed E-state index contributed by atoms with van der Waals surface area (Å²) in [5.74, 6) is -0.234. The van der Waals surface area contributed by atoms with Crippen molar-refractivity contribution in [1.29, 1.82) is 0 Å². The van der Waals surface area contributed by atoms with Crippen molar-refractivity contribution in [3.63, 3.8) is 0 Å². The Balaban J connectivity index is 1.73. The monoisotopic (exact) mass is 418 g/mol. The molecule has 0 aliphatic rings. The van der Waals surface area contributed by atoms with Gasteiger partial charge in [0.15, 0.2) is 6.61 Å². The minimum absolute atomic E-state index is 0.0868. The summed E-state index contributed by atoms with van der Waals surface area (Å²) < 4.78 is 10.2. The molecular weight excluding hydrogens is 392 g/mol. The SMILES string of the molecule is C/C=C/C=C/C(=O)OCC(=O)NC[C@@H](c1ccc(OC)cc1)c1c[nH]c2ccccc12. The molecule has 6 nitrogen and oxygen atoms in total. The Labute approximate surface area is 181 Å². The average molecular weight is 418 g/mol. The normalized spacial score (nSPS) is 12.3. The van der Waals surface area contributed by atoms with Crippen LogP contribution in [0.15, 0.2) is 79.0 Å². The topological polar surface area (TPSA) is 80.4 Å². The van der Waals surface area contributed by atoms with Gasteiger partial charge in [-0.25, -0.2) is 4.79 Å². The first-order valence-electron chi connectivity index (χ1n) is 10.0. The Kier molecular flexibility index (Phi) is 7.65. The fourth-order valence-corrected chi connectivity index (χ4v) is 3.32. The maximum atomic E-state index is 12.3. The molecule has 0 aliphatic heterocycles. The van der Waals surface area contributed by atoms with E-state index >= 15 is 0 Å². The second kappa shape index (κ2) is 10.8. The molecule has 2 aromatic carbocycles. The minimum atomic E-state index is -0.559. The van der Waals surface area contributed by atoms with Crippen LogP contribution in [0.25, 0.3) is 10.9 Å². The highest BCUT2D eigenvalue weighted by Crippen LogP contribution is 2.31. The Morgan fingerprint density at radius 2 is 1.87 bits per heavy atom. The van der Waals surface area contributed by atoms with E-state index in [9.17, 15) is 9.59 Å². The molecule has 1 atom stereocenters.